The smallest absolute Gasteiger partial charge is 0.338 e. The van der Waals surface area contributed by atoms with Crippen molar-refractivity contribution >= 4 is 23.3 Å². The fourth-order valence-corrected chi connectivity index (χ4v) is 2.66. The maximum absolute atomic E-state index is 12.2. The summed E-state index contributed by atoms with van der Waals surface area (Å²) in [6.07, 6.45) is 1.24. The van der Waals surface area contributed by atoms with Gasteiger partial charge < -0.3 is 15.4 Å². The topological polar surface area (TPSA) is 67.4 Å². The monoisotopic (exact) mass is 354 g/mol. The van der Waals surface area contributed by atoms with Gasteiger partial charge in [0.2, 0.25) is 5.91 Å². The van der Waals surface area contributed by atoms with Crippen LogP contribution in [0.2, 0.25) is 0 Å². The van der Waals surface area contributed by atoms with Crippen LogP contribution in [0.4, 0.5) is 11.4 Å². The molecule has 0 spiro atoms. The zero-order valence-electron chi connectivity index (χ0n) is 15.6. The van der Waals surface area contributed by atoms with Crippen LogP contribution in [0.15, 0.2) is 42.5 Å². The lowest BCUT2D eigenvalue weighted by Gasteiger charge is -2.13. The van der Waals surface area contributed by atoms with E-state index in [-0.39, 0.29) is 11.9 Å². The van der Waals surface area contributed by atoms with Gasteiger partial charge in [0.05, 0.1) is 12.2 Å². The van der Waals surface area contributed by atoms with Crippen molar-refractivity contribution < 1.29 is 14.3 Å². The number of hydrogen-bond donors (Lipinski definition) is 2. The van der Waals surface area contributed by atoms with Crippen LogP contribution < -0.4 is 10.6 Å². The third-order valence-electron chi connectivity index (χ3n) is 4.08. The molecule has 0 aliphatic carbocycles. The van der Waals surface area contributed by atoms with E-state index in [4.69, 9.17) is 4.74 Å². The molecule has 0 bridgehead atoms. The number of amides is 1. The number of ether oxygens (including phenoxy) is 1. The molecule has 2 aromatic rings. The van der Waals surface area contributed by atoms with E-state index in [1.165, 1.54) is 0 Å². The van der Waals surface area contributed by atoms with Gasteiger partial charge in [0.25, 0.3) is 0 Å². The molecule has 0 fully saturated rings. The fraction of sp³-hybridized carbons (Fsp3) is 0.333. The van der Waals surface area contributed by atoms with E-state index in [1.807, 2.05) is 25.1 Å². The van der Waals surface area contributed by atoms with Crippen molar-refractivity contribution in [2.75, 3.05) is 23.8 Å². The highest BCUT2D eigenvalue weighted by molar-refractivity contribution is 5.92. The molecule has 0 atom stereocenters. The minimum Gasteiger partial charge on any atom is -0.462 e. The van der Waals surface area contributed by atoms with Gasteiger partial charge in [-0.25, -0.2) is 4.79 Å². The predicted molar refractivity (Wildman–Crippen MR) is 105 cm³/mol. The second-order valence-electron chi connectivity index (χ2n) is 5.99. The zero-order valence-corrected chi connectivity index (χ0v) is 15.6. The molecule has 5 nitrogen and oxygen atoms in total. The summed E-state index contributed by atoms with van der Waals surface area (Å²) >= 11 is 0. The minimum absolute atomic E-state index is 0.0235. The Kier molecular flexibility index (Phi) is 7.21. The second-order valence-corrected chi connectivity index (χ2v) is 5.99. The first kappa shape index (κ1) is 19.5. The summed E-state index contributed by atoms with van der Waals surface area (Å²) < 4.78 is 4.95. The van der Waals surface area contributed by atoms with Gasteiger partial charge in [0.15, 0.2) is 0 Å². The SMILES string of the molecule is CCOC(=O)c1ccc(NCCC(=O)Nc2c(C)cccc2CC)cc1. The zero-order chi connectivity index (χ0) is 18.9. The molecule has 0 aromatic heterocycles. The molecule has 0 aliphatic rings. The Morgan fingerprint density at radius 1 is 1.04 bits per heavy atom. The maximum Gasteiger partial charge on any atom is 0.338 e. The van der Waals surface area contributed by atoms with Crippen LogP contribution in [0, 0.1) is 6.92 Å². The Bertz CT molecular complexity index is 754. The van der Waals surface area contributed by atoms with Gasteiger partial charge in [-0.15, -0.1) is 0 Å². The standard InChI is InChI=1S/C21H26N2O3/c1-4-16-8-6-7-15(3)20(16)23-19(24)13-14-22-18-11-9-17(10-12-18)21(25)26-5-2/h6-12,22H,4-5,13-14H2,1-3H3,(H,23,24). The number of hydrogen-bond acceptors (Lipinski definition) is 4. The first-order chi connectivity index (χ1) is 12.5. The van der Waals surface area contributed by atoms with Gasteiger partial charge in [-0.1, -0.05) is 25.1 Å². The predicted octanol–water partition coefficient (Wildman–Crippen LogP) is 4.17. The van der Waals surface area contributed by atoms with Crippen molar-refractivity contribution in [1.29, 1.82) is 0 Å². The molecule has 0 heterocycles. The molecular weight excluding hydrogens is 328 g/mol. The van der Waals surface area contributed by atoms with Crippen LogP contribution in [-0.4, -0.2) is 25.0 Å². The quantitative estimate of drug-likeness (QED) is 0.698. The second kappa shape index (κ2) is 9.61. The highest BCUT2D eigenvalue weighted by Crippen LogP contribution is 2.21. The van der Waals surface area contributed by atoms with E-state index in [0.717, 1.165) is 28.9 Å². The fourth-order valence-electron chi connectivity index (χ4n) is 2.66. The summed E-state index contributed by atoms with van der Waals surface area (Å²) in [7, 11) is 0. The van der Waals surface area contributed by atoms with Crippen molar-refractivity contribution in [2.24, 2.45) is 0 Å². The summed E-state index contributed by atoms with van der Waals surface area (Å²) in [6.45, 7) is 6.72. The van der Waals surface area contributed by atoms with E-state index in [0.29, 0.717) is 25.1 Å². The van der Waals surface area contributed by atoms with E-state index >= 15 is 0 Å². The average molecular weight is 354 g/mol. The van der Waals surface area contributed by atoms with E-state index in [2.05, 4.69) is 17.6 Å². The number of rotatable bonds is 8. The maximum atomic E-state index is 12.2. The minimum atomic E-state index is -0.330. The molecule has 2 N–H and O–H groups in total. The van der Waals surface area contributed by atoms with Crippen molar-refractivity contribution in [1.82, 2.24) is 0 Å². The average Bonchev–Trinajstić information content (AvgIpc) is 2.64. The number of para-hydroxylation sites is 1. The summed E-state index contributed by atoms with van der Waals surface area (Å²) in [5.74, 6) is -0.354. The Morgan fingerprint density at radius 2 is 1.77 bits per heavy atom. The van der Waals surface area contributed by atoms with Gasteiger partial charge in [0.1, 0.15) is 0 Å². The molecule has 2 aromatic carbocycles. The van der Waals surface area contributed by atoms with Gasteiger partial charge >= 0.3 is 5.97 Å². The Morgan fingerprint density at radius 3 is 2.42 bits per heavy atom. The molecule has 5 heteroatoms. The van der Waals surface area contributed by atoms with Crippen LogP contribution in [0.1, 0.15) is 41.8 Å². The molecule has 0 unspecified atom stereocenters. The van der Waals surface area contributed by atoms with Gasteiger partial charge in [0, 0.05) is 24.3 Å². The van der Waals surface area contributed by atoms with E-state index < -0.39 is 0 Å². The molecule has 0 saturated heterocycles. The number of esters is 1. The summed E-state index contributed by atoms with van der Waals surface area (Å²) in [5.41, 5.74) is 4.50. The Labute approximate surface area is 154 Å². The van der Waals surface area contributed by atoms with Crippen molar-refractivity contribution in [2.45, 2.75) is 33.6 Å². The van der Waals surface area contributed by atoms with E-state index in [1.54, 1.807) is 31.2 Å². The third-order valence-corrected chi connectivity index (χ3v) is 4.08. The Hall–Kier alpha value is -2.82. The first-order valence-corrected chi connectivity index (χ1v) is 8.94. The van der Waals surface area contributed by atoms with Gasteiger partial charge in [-0.3, -0.25) is 4.79 Å². The third kappa shape index (κ3) is 5.34. The lowest BCUT2D eigenvalue weighted by Crippen LogP contribution is -2.17. The number of nitrogens with one attached hydrogen (secondary N) is 2. The molecular formula is C21H26N2O3. The lowest BCUT2D eigenvalue weighted by molar-refractivity contribution is -0.116. The lowest BCUT2D eigenvalue weighted by atomic mass is 10.1. The molecule has 138 valence electrons. The summed E-state index contributed by atoms with van der Waals surface area (Å²) in [4.78, 5) is 23.8. The Balaban J connectivity index is 1.84. The highest BCUT2D eigenvalue weighted by Gasteiger charge is 2.09. The number of anilines is 2. The van der Waals surface area contributed by atoms with E-state index in [9.17, 15) is 9.59 Å². The normalized spacial score (nSPS) is 10.3. The largest absolute Gasteiger partial charge is 0.462 e. The van der Waals surface area contributed by atoms with Crippen molar-refractivity contribution in [3.8, 4) is 0 Å². The van der Waals surface area contributed by atoms with Crippen molar-refractivity contribution in [3.05, 3.63) is 59.2 Å². The van der Waals surface area contributed by atoms with Gasteiger partial charge in [-0.2, -0.15) is 0 Å². The molecule has 1 amide bonds. The van der Waals surface area contributed by atoms with Crippen LogP contribution in [0.5, 0.6) is 0 Å². The van der Waals surface area contributed by atoms with Crippen LogP contribution in [0.25, 0.3) is 0 Å². The highest BCUT2D eigenvalue weighted by atomic mass is 16.5. The van der Waals surface area contributed by atoms with Crippen LogP contribution in [-0.2, 0) is 16.0 Å². The number of carbonyl (C=O) groups excluding carboxylic acids is 2. The molecule has 2 rings (SSSR count). The number of benzene rings is 2. The summed E-state index contributed by atoms with van der Waals surface area (Å²) in [5, 5.41) is 6.20. The first-order valence-electron chi connectivity index (χ1n) is 8.94. The number of carbonyl (C=O) groups is 2. The van der Waals surface area contributed by atoms with Gasteiger partial charge in [-0.05, 0) is 55.7 Å². The molecule has 0 aliphatic heterocycles. The number of aryl methyl sites for hydroxylation is 2. The summed E-state index contributed by atoms with van der Waals surface area (Å²) in [6, 6.07) is 13.1. The molecule has 0 saturated carbocycles. The van der Waals surface area contributed by atoms with Crippen molar-refractivity contribution in [3.63, 3.8) is 0 Å². The molecule has 26 heavy (non-hydrogen) atoms. The van der Waals surface area contributed by atoms with Crippen LogP contribution >= 0.6 is 0 Å². The van der Waals surface area contributed by atoms with Crippen LogP contribution in [0.3, 0.4) is 0 Å². The molecule has 0 radical (unpaired) electrons.